The number of aliphatic carboxylic acids is 1. The third-order valence-corrected chi connectivity index (χ3v) is 6.31. The number of carbonyl (C=O) groups is 3. The van der Waals surface area contributed by atoms with Crippen molar-refractivity contribution < 1.29 is 19.5 Å². The predicted molar refractivity (Wildman–Crippen MR) is 107 cm³/mol. The highest BCUT2D eigenvalue weighted by Gasteiger charge is 2.34. The Kier molecular flexibility index (Phi) is 7.24. The summed E-state index contributed by atoms with van der Waals surface area (Å²) in [5.74, 6) is -0.735. The maximum absolute atomic E-state index is 12.3. The average Bonchev–Trinajstić information content (AvgIpc) is 3.29. The van der Waals surface area contributed by atoms with Gasteiger partial charge in [-0.25, -0.2) is 0 Å². The molecule has 1 aliphatic carbocycles. The van der Waals surface area contributed by atoms with E-state index in [2.05, 4.69) is 0 Å². The Morgan fingerprint density at radius 2 is 1.46 bits per heavy atom. The summed E-state index contributed by atoms with van der Waals surface area (Å²) in [5, 5.41) is 9.46. The zero-order chi connectivity index (χ0) is 19.9. The number of hydrogen-bond acceptors (Lipinski definition) is 3. The Bertz CT molecular complexity index is 673. The van der Waals surface area contributed by atoms with Crippen LogP contribution < -0.4 is 0 Å². The van der Waals surface area contributed by atoms with Gasteiger partial charge in [0.25, 0.3) is 11.8 Å². The monoisotopic (exact) mass is 385 g/mol. The summed E-state index contributed by atoms with van der Waals surface area (Å²) in [7, 11) is 0. The van der Waals surface area contributed by atoms with Crippen molar-refractivity contribution in [2.45, 2.75) is 70.6 Å². The number of amides is 2. The third-order valence-electron chi connectivity index (χ3n) is 6.31. The molecule has 1 fully saturated rings. The molecule has 0 radical (unpaired) electrons. The smallest absolute Gasteiger partial charge is 0.306 e. The van der Waals surface area contributed by atoms with Gasteiger partial charge in [-0.1, -0.05) is 57.1 Å². The first-order chi connectivity index (χ1) is 13.6. The molecule has 1 N–H and O–H groups in total. The number of unbranched alkanes of at least 4 members (excludes halogenated alkanes) is 5. The van der Waals surface area contributed by atoms with E-state index in [0.717, 1.165) is 57.8 Å². The molecular weight excluding hydrogens is 354 g/mol. The van der Waals surface area contributed by atoms with Crippen molar-refractivity contribution in [1.29, 1.82) is 0 Å². The molecule has 2 aliphatic rings. The van der Waals surface area contributed by atoms with E-state index in [1.54, 1.807) is 24.3 Å². The number of carboxylic acid groups (broad SMARTS) is 1. The highest BCUT2D eigenvalue weighted by Crippen LogP contribution is 2.34. The van der Waals surface area contributed by atoms with E-state index in [1.165, 1.54) is 17.7 Å². The quantitative estimate of drug-likeness (QED) is 0.434. The number of fused-ring (bicyclic) bond motifs is 1. The van der Waals surface area contributed by atoms with Crippen LogP contribution in [0.4, 0.5) is 0 Å². The van der Waals surface area contributed by atoms with Gasteiger partial charge in [0.15, 0.2) is 0 Å². The van der Waals surface area contributed by atoms with Gasteiger partial charge < -0.3 is 5.11 Å². The molecule has 0 aromatic heterocycles. The molecule has 1 heterocycles. The second-order valence-electron chi connectivity index (χ2n) is 8.21. The summed E-state index contributed by atoms with van der Waals surface area (Å²) >= 11 is 0. The van der Waals surface area contributed by atoms with Gasteiger partial charge in [0.05, 0.1) is 17.0 Å². The SMILES string of the molecule is O=C(O)[C@@H](CCCCCCCCN1C(=O)c2ccccc2C1=O)C1CCCC1. The number of benzene rings is 1. The third kappa shape index (κ3) is 4.81. The zero-order valence-electron chi connectivity index (χ0n) is 16.6. The summed E-state index contributed by atoms with van der Waals surface area (Å²) in [6, 6.07) is 7.00. The van der Waals surface area contributed by atoms with Crippen LogP contribution in [-0.4, -0.2) is 34.3 Å². The molecule has 1 aliphatic heterocycles. The maximum atomic E-state index is 12.3. The lowest BCUT2D eigenvalue weighted by atomic mass is 9.86. The summed E-state index contributed by atoms with van der Waals surface area (Å²) in [5.41, 5.74) is 1.03. The van der Waals surface area contributed by atoms with E-state index >= 15 is 0 Å². The summed E-state index contributed by atoms with van der Waals surface area (Å²) in [4.78, 5) is 37.5. The van der Waals surface area contributed by atoms with Gasteiger partial charge in [-0.05, 0) is 43.7 Å². The predicted octanol–water partition coefficient (Wildman–Crippen LogP) is 4.90. The molecular formula is C23H31NO4. The average molecular weight is 386 g/mol. The molecule has 28 heavy (non-hydrogen) atoms. The molecule has 5 heteroatoms. The molecule has 1 saturated carbocycles. The van der Waals surface area contributed by atoms with Crippen molar-refractivity contribution in [2.75, 3.05) is 6.54 Å². The van der Waals surface area contributed by atoms with Gasteiger partial charge >= 0.3 is 5.97 Å². The number of carbonyl (C=O) groups excluding carboxylic acids is 2. The minimum atomic E-state index is -0.618. The van der Waals surface area contributed by atoms with Crippen LogP contribution in [0.3, 0.4) is 0 Å². The minimum Gasteiger partial charge on any atom is -0.481 e. The van der Waals surface area contributed by atoms with E-state index in [0.29, 0.717) is 23.6 Å². The highest BCUT2D eigenvalue weighted by molar-refractivity contribution is 6.21. The number of hydrogen-bond donors (Lipinski definition) is 1. The molecule has 0 unspecified atom stereocenters. The van der Waals surface area contributed by atoms with Gasteiger partial charge in [0, 0.05) is 6.54 Å². The number of nitrogens with zero attached hydrogens (tertiary/aromatic N) is 1. The van der Waals surface area contributed by atoms with Gasteiger partial charge in [0.2, 0.25) is 0 Å². The topological polar surface area (TPSA) is 74.7 Å². The number of rotatable bonds is 11. The Hall–Kier alpha value is -2.17. The normalized spacial score (nSPS) is 17.9. The van der Waals surface area contributed by atoms with Crippen molar-refractivity contribution in [2.24, 2.45) is 11.8 Å². The molecule has 1 aromatic carbocycles. The van der Waals surface area contributed by atoms with Crippen molar-refractivity contribution >= 4 is 17.8 Å². The first-order valence-electron chi connectivity index (χ1n) is 10.8. The van der Waals surface area contributed by atoms with Crippen molar-refractivity contribution in [1.82, 2.24) is 4.90 Å². The highest BCUT2D eigenvalue weighted by atomic mass is 16.4. The lowest BCUT2D eigenvalue weighted by molar-refractivity contribution is -0.144. The molecule has 1 aromatic rings. The lowest BCUT2D eigenvalue weighted by Gasteiger charge is -2.18. The molecule has 0 bridgehead atoms. The van der Waals surface area contributed by atoms with Crippen molar-refractivity contribution in [3.8, 4) is 0 Å². The first kappa shape index (κ1) is 20.6. The molecule has 0 saturated heterocycles. The molecule has 5 nitrogen and oxygen atoms in total. The Balaban J connectivity index is 1.28. The van der Waals surface area contributed by atoms with Crippen LogP contribution in [-0.2, 0) is 4.79 Å². The summed E-state index contributed by atoms with van der Waals surface area (Å²) in [6.07, 6.45) is 11.3. The van der Waals surface area contributed by atoms with Crippen LogP contribution in [0.25, 0.3) is 0 Å². The Labute approximate surface area is 167 Å². The van der Waals surface area contributed by atoms with E-state index in [4.69, 9.17) is 0 Å². The second-order valence-corrected chi connectivity index (χ2v) is 8.21. The second kappa shape index (κ2) is 9.85. The molecule has 3 rings (SSSR count). The largest absolute Gasteiger partial charge is 0.481 e. The van der Waals surface area contributed by atoms with Gasteiger partial charge in [-0.15, -0.1) is 0 Å². The number of carboxylic acids is 1. The first-order valence-corrected chi connectivity index (χ1v) is 10.8. The molecule has 152 valence electrons. The zero-order valence-corrected chi connectivity index (χ0v) is 16.6. The van der Waals surface area contributed by atoms with E-state index in [1.807, 2.05) is 0 Å². The van der Waals surface area contributed by atoms with Crippen LogP contribution in [0.1, 0.15) is 91.3 Å². The Morgan fingerprint density at radius 1 is 0.929 bits per heavy atom. The molecule has 0 spiro atoms. The van der Waals surface area contributed by atoms with E-state index in [-0.39, 0.29) is 17.7 Å². The minimum absolute atomic E-state index is 0.156. The van der Waals surface area contributed by atoms with Crippen LogP contribution in [0.15, 0.2) is 24.3 Å². The fourth-order valence-electron chi connectivity index (χ4n) is 4.70. The van der Waals surface area contributed by atoms with E-state index in [9.17, 15) is 19.5 Å². The molecule has 2 amide bonds. The fraction of sp³-hybridized carbons (Fsp3) is 0.609. The summed E-state index contributed by atoms with van der Waals surface area (Å²) < 4.78 is 0. The van der Waals surface area contributed by atoms with Gasteiger partial charge in [-0.3, -0.25) is 19.3 Å². The van der Waals surface area contributed by atoms with Crippen molar-refractivity contribution in [3.05, 3.63) is 35.4 Å². The van der Waals surface area contributed by atoms with Crippen LogP contribution >= 0.6 is 0 Å². The van der Waals surface area contributed by atoms with Crippen LogP contribution in [0, 0.1) is 11.8 Å². The Morgan fingerprint density at radius 3 is 2.04 bits per heavy atom. The van der Waals surface area contributed by atoms with Gasteiger partial charge in [-0.2, -0.15) is 0 Å². The molecule has 1 atom stereocenters. The van der Waals surface area contributed by atoms with Gasteiger partial charge in [0.1, 0.15) is 0 Å². The van der Waals surface area contributed by atoms with Crippen LogP contribution in [0.2, 0.25) is 0 Å². The number of imide groups is 1. The van der Waals surface area contributed by atoms with E-state index < -0.39 is 5.97 Å². The fourth-order valence-corrected chi connectivity index (χ4v) is 4.70. The standard InChI is InChI=1S/C23H31NO4/c25-21-19-14-8-9-15-20(19)22(26)24(21)16-10-4-2-1-3-5-13-18(23(27)28)17-11-6-7-12-17/h8-9,14-15,17-18H,1-7,10-13,16H2,(H,27,28)/t18-/m0/s1. The van der Waals surface area contributed by atoms with Crippen LogP contribution in [0.5, 0.6) is 0 Å². The maximum Gasteiger partial charge on any atom is 0.306 e. The summed E-state index contributed by atoms with van der Waals surface area (Å²) in [6.45, 7) is 0.481. The lowest BCUT2D eigenvalue weighted by Crippen LogP contribution is -2.30. The van der Waals surface area contributed by atoms with Crippen molar-refractivity contribution in [3.63, 3.8) is 0 Å².